The largest absolute Gasteiger partial charge is 0.436 e. The number of benzene rings is 2. The molecule has 1 atom stereocenters. The Hall–Kier alpha value is -2.53. The standard InChI is InChI=1S/C21H21N3O2/c1-13-4-3-5-18-19(13)22-20(26-18)14-6-7-16-17(12-14)24-21(2,23-16)15-8-10-25-11-9-15/h3-7,12,15H,8-11H2,1-2H3. The van der Waals surface area contributed by atoms with Crippen molar-refractivity contribution in [2.75, 3.05) is 13.2 Å². The van der Waals surface area contributed by atoms with Crippen molar-refractivity contribution in [1.82, 2.24) is 4.98 Å². The quantitative estimate of drug-likeness (QED) is 0.715. The van der Waals surface area contributed by atoms with Gasteiger partial charge in [-0.25, -0.2) is 4.98 Å². The van der Waals surface area contributed by atoms with Gasteiger partial charge < -0.3 is 9.15 Å². The Bertz CT molecular complexity index is 1110. The topological polar surface area (TPSA) is 60.0 Å². The molecule has 2 aliphatic heterocycles. The van der Waals surface area contributed by atoms with Crippen molar-refractivity contribution in [3.8, 4) is 11.5 Å². The lowest BCUT2D eigenvalue weighted by molar-refractivity contribution is 0.0438. The molecular formula is C21H21N3O2. The third-order valence-electron chi connectivity index (χ3n) is 5.53. The SMILES string of the molecule is Cc1cccc2oc(-c3ccc4c(c3)=NC(C)(C3CCOCC3)N=4)nc12. The second-order valence-electron chi connectivity index (χ2n) is 7.35. The van der Waals surface area contributed by atoms with Gasteiger partial charge in [0.2, 0.25) is 5.89 Å². The summed E-state index contributed by atoms with van der Waals surface area (Å²) < 4.78 is 11.5. The molecule has 0 bridgehead atoms. The van der Waals surface area contributed by atoms with Crippen LogP contribution in [0.25, 0.3) is 22.6 Å². The van der Waals surface area contributed by atoms with Crippen LogP contribution in [0.1, 0.15) is 25.3 Å². The molecule has 2 aromatic carbocycles. The smallest absolute Gasteiger partial charge is 0.227 e. The van der Waals surface area contributed by atoms with Crippen LogP contribution in [0.15, 0.2) is 50.8 Å². The fraction of sp³-hybridized carbons (Fsp3) is 0.381. The van der Waals surface area contributed by atoms with Crippen LogP contribution in [0.4, 0.5) is 0 Å². The van der Waals surface area contributed by atoms with E-state index in [4.69, 9.17) is 19.1 Å². The van der Waals surface area contributed by atoms with Crippen molar-refractivity contribution in [2.45, 2.75) is 32.4 Å². The minimum Gasteiger partial charge on any atom is -0.436 e. The number of hydrogen-bond donors (Lipinski definition) is 0. The van der Waals surface area contributed by atoms with E-state index in [0.717, 1.165) is 59.0 Å². The molecule has 3 heterocycles. The van der Waals surface area contributed by atoms with Crippen molar-refractivity contribution in [3.63, 3.8) is 0 Å². The number of para-hydroxylation sites is 1. The van der Waals surface area contributed by atoms with Gasteiger partial charge in [-0.15, -0.1) is 0 Å². The van der Waals surface area contributed by atoms with Crippen LogP contribution >= 0.6 is 0 Å². The van der Waals surface area contributed by atoms with Gasteiger partial charge in [0.05, 0.1) is 10.7 Å². The summed E-state index contributed by atoms with van der Waals surface area (Å²) in [5, 5.41) is 1.88. The number of hydrogen-bond acceptors (Lipinski definition) is 5. The lowest BCUT2D eigenvalue weighted by atomic mass is 9.88. The van der Waals surface area contributed by atoms with Crippen molar-refractivity contribution >= 4 is 11.1 Å². The molecule has 1 saturated heterocycles. The van der Waals surface area contributed by atoms with E-state index in [2.05, 4.69) is 11.9 Å². The molecule has 5 rings (SSSR count). The molecule has 0 N–H and O–H groups in total. The minimum atomic E-state index is -0.386. The van der Waals surface area contributed by atoms with Crippen LogP contribution < -0.4 is 10.7 Å². The Morgan fingerprint density at radius 2 is 1.85 bits per heavy atom. The summed E-state index contributed by atoms with van der Waals surface area (Å²) in [6.45, 7) is 5.78. The molecule has 5 nitrogen and oxygen atoms in total. The van der Waals surface area contributed by atoms with E-state index in [9.17, 15) is 0 Å². The van der Waals surface area contributed by atoms with Gasteiger partial charge in [0.1, 0.15) is 5.52 Å². The predicted molar refractivity (Wildman–Crippen MR) is 98.4 cm³/mol. The molecule has 1 aromatic heterocycles. The molecule has 0 amide bonds. The Labute approximate surface area is 151 Å². The summed E-state index contributed by atoms with van der Waals surface area (Å²) in [5.74, 6) is 1.06. The van der Waals surface area contributed by atoms with Gasteiger partial charge in [-0.3, -0.25) is 9.98 Å². The molecule has 0 saturated carbocycles. The average molecular weight is 347 g/mol. The summed E-state index contributed by atoms with van der Waals surface area (Å²) >= 11 is 0. The molecule has 26 heavy (non-hydrogen) atoms. The summed E-state index contributed by atoms with van der Waals surface area (Å²) in [5.41, 5.74) is 3.40. The number of rotatable bonds is 2. The first-order valence-electron chi connectivity index (χ1n) is 9.16. The van der Waals surface area contributed by atoms with E-state index in [1.165, 1.54) is 0 Å². The van der Waals surface area contributed by atoms with Gasteiger partial charge in [0.15, 0.2) is 11.2 Å². The maximum absolute atomic E-state index is 5.96. The first-order chi connectivity index (χ1) is 12.6. The van der Waals surface area contributed by atoms with Gasteiger partial charge in [0, 0.05) is 24.7 Å². The zero-order valence-electron chi connectivity index (χ0n) is 15.0. The number of oxazole rings is 1. The maximum atomic E-state index is 5.96. The monoisotopic (exact) mass is 347 g/mol. The number of aromatic nitrogens is 1. The zero-order chi connectivity index (χ0) is 17.7. The molecule has 132 valence electrons. The summed E-state index contributed by atoms with van der Waals surface area (Å²) in [4.78, 5) is 14.6. The van der Waals surface area contributed by atoms with E-state index in [0.29, 0.717) is 11.8 Å². The normalized spacial score (nSPS) is 22.8. The highest BCUT2D eigenvalue weighted by molar-refractivity contribution is 5.79. The van der Waals surface area contributed by atoms with Crippen LogP contribution in [0, 0.1) is 12.8 Å². The fourth-order valence-electron chi connectivity index (χ4n) is 3.99. The van der Waals surface area contributed by atoms with Gasteiger partial charge in [-0.05, 0) is 56.5 Å². The second kappa shape index (κ2) is 5.74. The maximum Gasteiger partial charge on any atom is 0.227 e. The van der Waals surface area contributed by atoms with Crippen molar-refractivity contribution in [1.29, 1.82) is 0 Å². The molecule has 5 heteroatoms. The summed E-state index contributed by atoms with van der Waals surface area (Å²) in [6, 6.07) is 12.1. The van der Waals surface area contributed by atoms with E-state index in [-0.39, 0.29) is 5.66 Å². The van der Waals surface area contributed by atoms with E-state index < -0.39 is 0 Å². The van der Waals surface area contributed by atoms with Crippen molar-refractivity contribution in [3.05, 3.63) is 52.7 Å². The van der Waals surface area contributed by atoms with Crippen LogP contribution in [0.2, 0.25) is 0 Å². The second-order valence-corrected chi connectivity index (χ2v) is 7.35. The third kappa shape index (κ3) is 2.46. The lowest BCUT2D eigenvalue weighted by Gasteiger charge is -2.31. The summed E-state index contributed by atoms with van der Waals surface area (Å²) in [7, 11) is 0. The average Bonchev–Trinajstić information content (AvgIpc) is 3.24. The number of nitrogens with zero attached hydrogens (tertiary/aromatic N) is 3. The van der Waals surface area contributed by atoms with E-state index in [1.54, 1.807) is 0 Å². The predicted octanol–water partition coefficient (Wildman–Crippen LogP) is 3.20. The van der Waals surface area contributed by atoms with E-state index >= 15 is 0 Å². The Kier molecular flexibility index (Phi) is 3.47. The van der Waals surface area contributed by atoms with E-state index in [1.807, 2.05) is 43.3 Å². The summed E-state index contributed by atoms with van der Waals surface area (Å²) in [6.07, 6.45) is 2.02. The number of ether oxygens (including phenoxy) is 1. The molecule has 3 aromatic rings. The molecule has 1 unspecified atom stereocenters. The Morgan fingerprint density at radius 3 is 2.65 bits per heavy atom. The van der Waals surface area contributed by atoms with Gasteiger partial charge >= 0.3 is 0 Å². The van der Waals surface area contributed by atoms with Crippen molar-refractivity contribution < 1.29 is 9.15 Å². The van der Waals surface area contributed by atoms with Crippen LogP contribution in [-0.4, -0.2) is 23.9 Å². The van der Waals surface area contributed by atoms with Crippen LogP contribution in [-0.2, 0) is 4.74 Å². The number of fused-ring (bicyclic) bond motifs is 2. The molecule has 0 spiro atoms. The van der Waals surface area contributed by atoms with Gasteiger partial charge in [-0.2, -0.15) is 0 Å². The zero-order valence-corrected chi connectivity index (χ0v) is 15.0. The Balaban J connectivity index is 1.57. The molecular weight excluding hydrogens is 326 g/mol. The van der Waals surface area contributed by atoms with Crippen molar-refractivity contribution in [2.24, 2.45) is 15.9 Å². The fourth-order valence-corrected chi connectivity index (χ4v) is 3.99. The Morgan fingerprint density at radius 1 is 1.04 bits per heavy atom. The first kappa shape index (κ1) is 15.7. The van der Waals surface area contributed by atoms with Crippen LogP contribution in [0.5, 0.6) is 0 Å². The third-order valence-corrected chi connectivity index (χ3v) is 5.53. The minimum absolute atomic E-state index is 0.386. The lowest BCUT2D eigenvalue weighted by Crippen LogP contribution is -2.34. The van der Waals surface area contributed by atoms with Gasteiger partial charge in [0.25, 0.3) is 0 Å². The molecule has 0 radical (unpaired) electrons. The highest BCUT2D eigenvalue weighted by Crippen LogP contribution is 2.32. The molecule has 1 fully saturated rings. The molecule has 0 aliphatic carbocycles. The molecule has 2 aliphatic rings. The highest BCUT2D eigenvalue weighted by Gasteiger charge is 2.36. The highest BCUT2D eigenvalue weighted by atomic mass is 16.5. The van der Waals surface area contributed by atoms with Crippen LogP contribution in [0.3, 0.4) is 0 Å². The first-order valence-corrected chi connectivity index (χ1v) is 9.16. The number of aryl methyl sites for hydroxylation is 1. The van der Waals surface area contributed by atoms with Gasteiger partial charge in [-0.1, -0.05) is 12.1 Å².